The average Bonchev–Trinajstić information content (AvgIpc) is 1.83. The van der Waals surface area contributed by atoms with Crippen LogP contribution < -0.4 is 5.32 Å². The average molecular weight is 247 g/mol. The van der Waals surface area contributed by atoms with Gasteiger partial charge in [0.25, 0.3) is 0 Å². The van der Waals surface area contributed by atoms with Gasteiger partial charge >= 0.3 is 0 Å². The number of hydrogen-bond acceptors (Lipinski definition) is 3. The van der Waals surface area contributed by atoms with E-state index < -0.39 is 21.2 Å². The summed E-state index contributed by atoms with van der Waals surface area (Å²) in [5.74, 6) is 0.776. The van der Waals surface area contributed by atoms with E-state index in [0.29, 0.717) is 6.04 Å². The molecule has 0 amide bonds. The van der Waals surface area contributed by atoms with E-state index in [4.69, 9.17) is 0 Å². The Balaban J connectivity index is 3.20. The molecule has 0 bridgehead atoms. The second-order valence-electron chi connectivity index (χ2n) is 1.43. The molecule has 1 unspecified atom stereocenters. The Morgan fingerprint density at radius 2 is 2.50 bits per heavy atom. The number of nitrogens with one attached hydrogen (secondary N) is 1. The van der Waals surface area contributed by atoms with Gasteiger partial charge in [0, 0.05) is 16.2 Å². The normalized spacial score (nSPS) is 13.8. The minimum absolute atomic E-state index is 0.351. The Morgan fingerprint density at radius 3 is 2.62 bits per heavy atom. The molecule has 0 saturated carbocycles. The molecule has 0 spiro atoms. The van der Waals surface area contributed by atoms with Crippen LogP contribution in [0.3, 0.4) is 0 Å². The maximum atomic E-state index is 10.1. The van der Waals surface area contributed by atoms with Crippen LogP contribution in [0.25, 0.3) is 0 Å². The van der Waals surface area contributed by atoms with E-state index in [1.54, 1.807) is 0 Å². The van der Waals surface area contributed by atoms with Crippen LogP contribution in [0.5, 0.6) is 0 Å². The molecule has 0 heterocycles. The molecule has 0 saturated heterocycles. The minimum Gasteiger partial charge on any atom is -0.315 e. The lowest BCUT2D eigenvalue weighted by molar-refractivity contribution is 0.643. The summed E-state index contributed by atoms with van der Waals surface area (Å²) in [6.07, 6.45) is 0. The van der Waals surface area contributed by atoms with Crippen LogP contribution in [-0.2, 0) is 3.07 Å². The van der Waals surface area contributed by atoms with Crippen molar-refractivity contribution in [1.82, 2.24) is 5.32 Å². The van der Waals surface area contributed by atoms with Gasteiger partial charge in [0.15, 0.2) is 0 Å². The quantitative estimate of drug-likeness (QED) is 0.437. The van der Waals surface area contributed by atoms with E-state index in [1.807, 2.05) is 7.05 Å². The monoisotopic (exact) mass is 247 g/mol. The summed E-state index contributed by atoms with van der Waals surface area (Å²) in [6.45, 7) is 0. The predicted molar refractivity (Wildman–Crippen MR) is 46.3 cm³/mol. The first-order valence-corrected chi connectivity index (χ1v) is 5.38. The number of hydrogen-bond donors (Lipinski definition) is 2. The Kier molecular flexibility index (Phi) is 6.59. The fourth-order valence-corrected chi connectivity index (χ4v) is 2.28. The molecule has 0 aliphatic carbocycles. The molecule has 0 aliphatic heterocycles. The van der Waals surface area contributed by atoms with Crippen LogP contribution in [0.1, 0.15) is 0 Å². The molecule has 1 N–H and O–H groups in total. The molecular weight excluding hydrogens is 237 g/mol. The molecule has 0 rings (SSSR count). The smallest absolute Gasteiger partial charge is 0.145 e. The van der Waals surface area contributed by atoms with E-state index in [-0.39, 0.29) is 0 Å². The van der Waals surface area contributed by atoms with Crippen molar-refractivity contribution in [2.75, 3.05) is 17.2 Å². The van der Waals surface area contributed by atoms with E-state index in [2.05, 4.69) is 17.9 Å². The van der Waals surface area contributed by atoms with Crippen molar-refractivity contribution < 1.29 is 3.07 Å². The zero-order chi connectivity index (χ0) is 6.41. The Bertz CT molecular complexity index is 67.1. The van der Waals surface area contributed by atoms with Gasteiger partial charge in [-0.25, -0.2) is 0 Å². The zero-order valence-electron chi connectivity index (χ0n) is 4.72. The third-order valence-corrected chi connectivity index (χ3v) is 2.74. The molecule has 0 aromatic rings. The van der Waals surface area contributed by atoms with Crippen molar-refractivity contribution in [2.24, 2.45) is 0 Å². The highest BCUT2D eigenvalue weighted by atomic mass is 127. The lowest BCUT2D eigenvalue weighted by Crippen LogP contribution is -2.28. The van der Waals surface area contributed by atoms with Crippen LogP contribution in [0.4, 0.5) is 0 Å². The van der Waals surface area contributed by atoms with Gasteiger partial charge < -0.3 is 5.32 Å². The van der Waals surface area contributed by atoms with Crippen LogP contribution in [-0.4, -0.2) is 23.3 Å². The van der Waals surface area contributed by atoms with Gasteiger partial charge in [-0.2, -0.15) is 12.6 Å². The summed E-state index contributed by atoms with van der Waals surface area (Å²) in [5, 5.41) is 3.00. The first kappa shape index (κ1) is 8.84. The maximum Gasteiger partial charge on any atom is 0.145 e. The molecule has 50 valence electrons. The third kappa shape index (κ3) is 3.80. The molecule has 0 aromatic carbocycles. The highest BCUT2D eigenvalue weighted by Crippen LogP contribution is 1.97. The Hall–Kier alpha value is 0.840. The van der Waals surface area contributed by atoms with Gasteiger partial charge in [-0.3, -0.25) is 3.07 Å². The molecule has 0 aromatic heterocycles. The van der Waals surface area contributed by atoms with E-state index >= 15 is 0 Å². The van der Waals surface area contributed by atoms with Crippen LogP contribution in [0.15, 0.2) is 0 Å². The first-order chi connectivity index (χ1) is 3.85. The molecule has 4 heteroatoms. The minimum atomic E-state index is -0.807. The number of alkyl halides is 1. The third-order valence-electron chi connectivity index (χ3n) is 0.878. The Labute approximate surface area is 65.5 Å². The highest BCUT2D eigenvalue weighted by Gasteiger charge is 1.99. The molecular formula is C4H10INOS. The van der Waals surface area contributed by atoms with E-state index in [9.17, 15) is 3.07 Å². The van der Waals surface area contributed by atoms with Crippen molar-refractivity contribution >= 4 is 33.8 Å². The highest BCUT2D eigenvalue weighted by molar-refractivity contribution is 14.1. The van der Waals surface area contributed by atoms with Gasteiger partial charge in [0.1, 0.15) is 21.2 Å². The second-order valence-corrected chi connectivity index (χ2v) is 3.30. The van der Waals surface area contributed by atoms with Gasteiger partial charge in [0.2, 0.25) is 0 Å². The summed E-state index contributed by atoms with van der Waals surface area (Å²) < 4.78 is 10.9. The molecule has 0 aliphatic rings. The van der Waals surface area contributed by atoms with Crippen molar-refractivity contribution in [3.05, 3.63) is 0 Å². The Morgan fingerprint density at radius 1 is 1.88 bits per heavy atom. The van der Waals surface area contributed by atoms with Gasteiger partial charge in [0.05, 0.1) is 0 Å². The summed E-state index contributed by atoms with van der Waals surface area (Å²) in [4.78, 5) is 0. The molecule has 0 fully saturated rings. The van der Waals surface area contributed by atoms with Crippen molar-refractivity contribution in [2.45, 2.75) is 6.04 Å². The molecule has 0 radical (unpaired) electrons. The lowest BCUT2D eigenvalue weighted by Gasteiger charge is -2.06. The lowest BCUT2D eigenvalue weighted by atomic mass is 10.4. The van der Waals surface area contributed by atoms with Gasteiger partial charge in [-0.15, -0.1) is 0 Å². The second kappa shape index (κ2) is 5.97. The number of rotatable bonds is 4. The fraction of sp³-hybridized carbons (Fsp3) is 1.00. The van der Waals surface area contributed by atoms with Crippen molar-refractivity contribution in [3.63, 3.8) is 0 Å². The van der Waals surface area contributed by atoms with Gasteiger partial charge in [-0.1, -0.05) is 0 Å². The summed E-state index contributed by atoms with van der Waals surface area (Å²) in [7, 11) is 1.86. The largest absolute Gasteiger partial charge is 0.315 e. The molecule has 8 heavy (non-hydrogen) atoms. The molecule has 2 nitrogen and oxygen atoms in total. The van der Waals surface area contributed by atoms with Crippen LogP contribution >= 0.6 is 33.8 Å². The standard InChI is InChI=1S/C4H10INOS/c1-6-4(3-8)2-5-7/h4,6,8H,2-3H2,1H3. The topological polar surface area (TPSA) is 29.1 Å². The van der Waals surface area contributed by atoms with E-state index in [1.165, 1.54) is 0 Å². The summed E-state index contributed by atoms with van der Waals surface area (Å²) in [6, 6.07) is 0.351. The van der Waals surface area contributed by atoms with Gasteiger partial charge in [-0.05, 0) is 7.05 Å². The van der Waals surface area contributed by atoms with Crippen molar-refractivity contribution in [3.8, 4) is 0 Å². The van der Waals surface area contributed by atoms with Crippen LogP contribution in [0, 0.1) is 0 Å². The van der Waals surface area contributed by atoms with E-state index in [0.717, 1.165) is 10.2 Å². The van der Waals surface area contributed by atoms with Crippen LogP contribution in [0.2, 0.25) is 0 Å². The number of thiol groups is 1. The fourth-order valence-electron chi connectivity index (χ4n) is 0.293. The summed E-state index contributed by atoms with van der Waals surface area (Å²) in [5.41, 5.74) is 0. The maximum absolute atomic E-state index is 10.1. The molecule has 1 atom stereocenters. The zero-order valence-corrected chi connectivity index (χ0v) is 7.78. The first-order valence-electron chi connectivity index (χ1n) is 2.34. The SMILES string of the molecule is CNC(CS)CI=O. The predicted octanol–water partition coefficient (Wildman–Crippen LogP) is 0.820. The summed E-state index contributed by atoms with van der Waals surface area (Å²) >= 11 is 3.24. The number of halogens is 1. The van der Waals surface area contributed by atoms with Crippen molar-refractivity contribution in [1.29, 1.82) is 0 Å².